The minimum atomic E-state index is -3.90. The molecule has 0 fully saturated rings. The standard InChI is InChI=1S/C12H13FN2O3S/c1-8(7-16)15-19(17,18)11-4-2-3-9-5-14-6-10(13)12(9)11/h2-6,8,15-16H,7H2,1H3/t8-/m0/s1. The molecule has 0 aliphatic heterocycles. The van der Waals surface area contributed by atoms with E-state index in [1.165, 1.54) is 25.3 Å². The van der Waals surface area contributed by atoms with Gasteiger partial charge in [0, 0.05) is 23.0 Å². The van der Waals surface area contributed by atoms with Gasteiger partial charge in [0.05, 0.1) is 17.7 Å². The first-order valence-corrected chi connectivity index (χ1v) is 7.09. The number of sulfonamides is 1. The lowest BCUT2D eigenvalue weighted by atomic mass is 10.2. The molecule has 19 heavy (non-hydrogen) atoms. The molecular weight excluding hydrogens is 271 g/mol. The maximum absolute atomic E-state index is 13.8. The molecule has 0 aliphatic carbocycles. The van der Waals surface area contributed by atoms with Gasteiger partial charge in [0.15, 0.2) is 5.82 Å². The number of nitrogens with zero attached hydrogens (tertiary/aromatic N) is 1. The van der Waals surface area contributed by atoms with Crippen molar-refractivity contribution in [3.63, 3.8) is 0 Å². The molecule has 102 valence electrons. The van der Waals surface area contributed by atoms with E-state index in [-0.39, 0.29) is 16.9 Å². The van der Waals surface area contributed by atoms with Crippen LogP contribution in [0.4, 0.5) is 4.39 Å². The van der Waals surface area contributed by atoms with E-state index in [2.05, 4.69) is 9.71 Å². The molecule has 1 heterocycles. The number of aliphatic hydroxyl groups excluding tert-OH is 1. The van der Waals surface area contributed by atoms with E-state index in [1.54, 1.807) is 6.07 Å². The van der Waals surface area contributed by atoms with E-state index < -0.39 is 21.9 Å². The van der Waals surface area contributed by atoms with Gasteiger partial charge in [-0.25, -0.2) is 17.5 Å². The van der Waals surface area contributed by atoms with Crippen LogP contribution in [0.2, 0.25) is 0 Å². The first-order valence-electron chi connectivity index (χ1n) is 5.61. The molecule has 0 saturated carbocycles. The van der Waals surface area contributed by atoms with Crippen molar-refractivity contribution in [2.24, 2.45) is 0 Å². The van der Waals surface area contributed by atoms with Gasteiger partial charge in [-0.1, -0.05) is 12.1 Å². The number of aromatic nitrogens is 1. The number of hydrogen-bond acceptors (Lipinski definition) is 4. The number of hydrogen-bond donors (Lipinski definition) is 2. The number of benzene rings is 1. The lowest BCUT2D eigenvalue weighted by molar-refractivity contribution is 0.265. The molecule has 0 unspecified atom stereocenters. The number of fused-ring (bicyclic) bond motifs is 1. The lowest BCUT2D eigenvalue weighted by Crippen LogP contribution is -2.35. The Bertz CT molecular complexity index is 698. The van der Waals surface area contributed by atoms with Crippen LogP contribution in [0.3, 0.4) is 0 Å². The zero-order valence-corrected chi connectivity index (χ0v) is 11.0. The molecule has 1 atom stereocenters. The highest BCUT2D eigenvalue weighted by Gasteiger charge is 2.21. The van der Waals surface area contributed by atoms with Gasteiger partial charge < -0.3 is 5.11 Å². The Morgan fingerprint density at radius 1 is 1.42 bits per heavy atom. The average Bonchev–Trinajstić information content (AvgIpc) is 2.38. The summed E-state index contributed by atoms with van der Waals surface area (Å²) in [6.07, 6.45) is 2.36. The molecular formula is C12H13FN2O3S. The van der Waals surface area contributed by atoms with Crippen LogP contribution in [0.15, 0.2) is 35.5 Å². The molecule has 1 aromatic carbocycles. The zero-order valence-electron chi connectivity index (χ0n) is 10.2. The molecule has 5 nitrogen and oxygen atoms in total. The van der Waals surface area contributed by atoms with Gasteiger partial charge in [-0.2, -0.15) is 0 Å². The molecule has 0 spiro atoms. The predicted molar refractivity (Wildman–Crippen MR) is 68.6 cm³/mol. The van der Waals surface area contributed by atoms with Gasteiger partial charge >= 0.3 is 0 Å². The van der Waals surface area contributed by atoms with Crippen molar-refractivity contribution in [2.75, 3.05) is 6.61 Å². The Balaban J connectivity index is 2.63. The Hall–Kier alpha value is -1.57. The van der Waals surface area contributed by atoms with Crippen LogP contribution < -0.4 is 4.72 Å². The van der Waals surface area contributed by atoms with Crippen LogP contribution in [0.5, 0.6) is 0 Å². The van der Waals surface area contributed by atoms with Crippen LogP contribution in [-0.2, 0) is 10.0 Å². The van der Waals surface area contributed by atoms with Gasteiger partial charge in [0.1, 0.15) is 0 Å². The third-order valence-corrected chi connectivity index (χ3v) is 4.25. The second-order valence-corrected chi connectivity index (χ2v) is 5.86. The summed E-state index contributed by atoms with van der Waals surface area (Å²) < 4.78 is 40.4. The maximum atomic E-state index is 13.8. The fourth-order valence-corrected chi connectivity index (χ4v) is 3.22. The SMILES string of the molecule is C[C@@H](CO)NS(=O)(=O)c1cccc2cncc(F)c12. The largest absolute Gasteiger partial charge is 0.395 e. The van der Waals surface area contributed by atoms with Crippen molar-refractivity contribution < 1.29 is 17.9 Å². The highest BCUT2D eigenvalue weighted by molar-refractivity contribution is 7.89. The Morgan fingerprint density at radius 3 is 2.84 bits per heavy atom. The summed E-state index contributed by atoms with van der Waals surface area (Å²) in [6.45, 7) is 1.18. The minimum Gasteiger partial charge on any atom is -0.395 e. The van der Waals surface area contributed by atoms with Crippen LogP contribution >= 0.6 is 0 Å². The number of rotatable bonds is 4. The van der Waals surface area contributed by atoms with Gasteiger partial charge in [0.25, 0.3) is 0 Å². The van der Waals surface area contributed by atoms with E-state index in [4.69, 9.17) is 5.11 Å². The molecule has 0 amide bonds. The fraction of sp³-hybridized carbons (Fsp3) is 0.250. The third-order valence-electron chi connectivity index (χ3n) is 2.62. The monoisotopic (exact) mass is 284 g/mol. The Kier molecular flexibility index (Phi) is 3.79. The molecule has 0 bridgehead atoms. The van der Waals surface area contributed by atoms with Crippen LogP contribution in [0.25, 0.3) is 10.8 Å². The third kappa shape index (κ3) is 2.73. The van der Waals surface area contributed by atoms with Gasteiger partial charge in [-0.05, 0) is 13.0 Å². The molecule has 1 aromatic heterocycles. The number of halogens is 1. The Labute approximate surface area is 110 Å². The summed E-state index contributed by atoms with van der Waals surface area (Å²) in [7, 11) is -3.90. The molecule has 7 heteroatoms. The summed E-state index contributed by atoms with van der Waals surface area (Å²) in [6, 6.07) is 3.77. The second kappa shape index (κ2) is 5.20. The van der Waals surface area contributed by atoms with Crippen LogP contribution in [0.1, 0.15) is 6.92 Å². The highest BCUT2D eigenvalue weighted by Crippen LogP contribution is 2.24. The summed E-state index contributed by atoms with van der Waals surface area (Å²) in [5.74, 6) is -0.699. The highest BCUT2D eigenvalue weighted by atomic mass is 32.2. The maximum Gasteiger partial charge on any atom is 0.241 e. The van der Waals surface area contributed by atoms with E-state index in [0.29, 0.717) is 5.39 Å². The lowest BCUT2D eigenvalue weighted by Gasteiger charge is -2.13. The summed E-state index contributed by atoms with van der Waals surface area (Å²) in [4.78, 5) is 3.52. The summed E-state index contributed by atoms with van der Waals surface area (Å²) >= 11 is 0. The van der Waals surface area contributed by atoms with Crippen molar-refractivity contribution in [2.45, 2.75) is 17.9 Å². The summed E-state index contributed by atoms with van der Waals surface area (Å²) in [5.41, 5.74) is 0. The second-order valence-electron chi connectivity index (χ2n) is 4.18. The van der Waals surface area contributed by atoms with Crippen molar-refractivity contribution in [1.29, 1.82) is 0 Å². The van der Waals surface area contributed by atoms with Gasteiger partial charge in [0.2, 0.25) is 10.0 Å². The van der Waals surface area contributed by atoms with E-state index in [0.717, 1.165) is 6.20 Å². The quantitative estimate of drug-likeness (QED) is 0.879. The molecule has 0 saturated heterocycles. The minimum absolute atomic E-state index is 0.00450. The zero-order chi connectivity index (χ0) is 14.0. The van der Waals surface area contributed by atoms with Crippen molar-refractivity contribution in [3.05, 3.63) is 36.4 Å². The van der Waals surface area contributed by atoms with E-state index in [9.17, 15) is 12.8 Å². The fourth-order valence-electron chi connectivity index (χ4n) is 1.75. The first kappa shape index (κ1) is 13.9. The van der Waals surface area contributed by atoms with E-state index >= 15 is 0 Å². The molecule has 2 aromatic rings. The molecule has 2 rings (SSSR count). The molecule has 0 aliphatic rings. The topological polar surface area (TPSA) is 79.3 Å². The van der Waals surface area contributed by atoms with Crippen LogP contribution in [-0.4, -0.2) is 31.2 Å². The van der Waals surface area contributed by atoms with Gasteiger partial charge in [-0.15, -0.1) is 0 Å². The summed E-state index contributed by atoms with van der Waals surface area (Å²) in [5, 5.41) is 9.30. The Morgan fingerprint density at radius 2 is 2.16 bits per heavy atom. The average molecular weight is 284 g/mol. The number of pyridine rings is 1. The smallest absolute Gasteiger partial charge is 0.241 e. The van der Waals surface area contributed by atoms with E-state index in [1.807, 2.05) is 0 Å². The van der Waals surface area contributed by atoms with Crippen molar-refractivity contribution >= 4 is 20.8 Å². The number of aliphatic hydroxyl groups is 1. The van der Waals surface area contributed by atoms with Crippen molar-refractivity contribution in [1.82, 2.24) is 9.71 Å². The normalized spacial score (nSPS) is 13.6. The van der Waals surface area contributed by atoms with Crippen molar-refractivity contribution in [3.8, 4) is 0 Å². The molecule has 0 radical (unpaired) electrons. The van der Waals surface area contributed by atoms with Gasteiger partial charge in [-0.3, -0.25) is 4.98 Å². The predicted octanol–water partition coefficient (Wildman–Crippen LogP) is 1.03. The molecule has 2 N–H and O–H groups in total. The number of nitrogens with one attached hydrogen (secondary N) is 1. The van der Waals surface area contributed by atoms with Crippen LogP contribution in [0, 0.1) is 5.82 Å². The first-order chi connectivity index (χ1) is 8.95.